The number of carbonyl (C=O) groups is 2. The van der Waals surface area contributed by atoms with Crippen molar-refractivity contribution in [2.45, 2.75) is 64.5 Å². The molecule has 2 fully saturated rings. The van der Waals surface area contributed by atoms with Gasteiger partial charge in [0, 0.05) is 90.4 Å². The molecule has 0 aliphatic carbocycles. The molecular weight excluding hydrogens is 468 g/mol. The van der Waals surface area contributed by atoms with Crippen molar-refractivity contribution < 1.29 is 19.1 Å². The highest BCUT2D eigenvalue weighted by Gasteiger charge is 2.27. The molecule has 3 aliphatic rings. The molecule has 0 saturated carbocycles. The number of hydrogen-bond donors (Lipinski definition) is 0. The van der Waals surface area contributed by atoms with E-state index in [2.05, 4.69) is 15.9 Å². The zero-order valence-electron chi connectivity index (χ0n) is 23.0. The first-order chi connectivity index (χ1) is 18.1. The molecule has 1 aromatic rings. The number of fused-ring (bicyclic) bond motifs is 1. The molecule has 0 radical (unpaired) electrons. The third-order valence-electron chi connectivity index (χ3n) is 8.18. The van der Waals surface area contributed by atoms with Crippen LogP contribution in [-0.4, -0.2) is 105 Å². The molecule has 2 amide bonds. The van der Waals surface area contributed by atoms with Gasteiger partial charge < -0.3 is 19.3 Å². The largest absolute Gasteiger partial charge is 0.383 e. The van der Waals surface area contributed by atoms with Crippen LogP contribution < -0.4 is 4.90 Å². The third kappa shape index (κ3) is 7.76. The lowest BCUT2D eigenvalue weighted by Gasteiger charge is -2.36. The standard InChI is InChI=1S/C29H46N4O4/c1-24(34)33-13-7-5-3-4-6-12-32(27-10-19-37-20-11-27)23-26-22-25(8-9-28(26)33)29(35)31-16-14-30(15-17-31)18-21-36-2/h8-9,22,27H,3-7,10-21,23H2,1-2H3. The Morgan fingerprint density at radius 1 is 0.946 bits per heavy atom. The third-order valence-corrected chi connectivity index (χ3v) is 8.18. The first kappa shape index (κ1) is 28.0. The lowest BCUT2D eigenvalue weighted by molar-refractivity contribution is -0.116. The first-order valence-electron chi connectivity index (χ1n) is 14.3. The average Bonchev–Trinajstić information content (AvgIpc) is 2.92. The second kappa shape index (κ2) is 14.2. The maximum atomic E-state index is 13.6. The zero-order valence-corrected chi connectivity index (χ0v) is 23.0. The van der Waals surface area contributed by atoms with Gasteiger partial charge >= 0.3 is 0 Å². The van der Waals surface area contributed by atoms with E-state index in [0.717, 1.165) is 115 Å². The van der Waals surface area contributed by atoms with E-state index in [9.17, 15) is 9.59 Å². The fraction of sp³-hybridized carbons (Fsp3) is 0.724. The lowest BCUT2D eigenvalue weighted by atomic mass is 10.0. The van der Waals surface area contributed by atoms with Crippen LogP contribution in [0.3, 0.4) is 0 Å². The molecule has 8 nitrogen and oxygen atoms in total. The van der Waals surface area contributed by atoms with Crippen LogP contribution >= 0.6 is 0 Å². The number of ether oxygens (including phenoxy) is 2. The van der Waals surface area contributed by atoms with Crippen LogP contribution in [0, 0.1) is 0 Å². The molecule has 0 N–H and O–H groups in total. The summed E-state index contributed by atoms with van der Waals surface area (Å²) < 4.78 is 10.9. The van der Waals surface area contributed by atoms with Crippen LogP contribution in [0.4, 0.5) is 5.69 Å². The summed E-state index contributed by atoms with van der Waals surface area (Å²) >= 11 is 0. The van der Waals surface area contributed by atoms with E-state index in [-0.39, 0.29) is 11.8 Å². The van der Waals surface area contributed by atoms with E-state index in [1.165, 1.54) is 19.3 Å². The van der Waals surface area contributed by atoms with Crippen molar-refractivity contribution in [2.24, 2.45) is 0 Å². The predicted octanol–water partition coefficient (Wildman–Crippen LogP) is 3.39. The summed E-state index contributed by atoms with van der Waals surface area (Å²) in [4.78, 5) is 35.1. The van der Waals surface area contributed by atoms with Gasteiger partial charge in [-0.15, -0.1) is 0 Å². The van der Waals surface area contributed by atoms with Crippen molar-refractivity contribution in [2.75, 3.05) is 77.6 Å². The molecule has 0 aromatic heterocycles. The smallest absolute Gasteiger partial charge is 0.253 e. The number of carbonyl (C=O) groups excluding carboxylic acids is 2. The fourth-order valence-electron chi connectivity index (χ4n) is 5.91. The molecule has 2 saturated heterocycles. The molecule has 0 unspecified atom stereocenters. The first-order valence-corrected chi connectivity index (χ1v) is 14.3. The van der Waals surface area contributed by atoms with Gasteiger partial charge in [0.1, 0.15) is 0 Å². The normalized spacial score (nSPS) is 21.7. The molecule has 3 heterocycles. The predicted molar refractivity (Wildman–Crippen MR) is 146 cm³/mol. The van der Waals surface area contributed by atoms with E-state index in [4.69, 9.17) is 9.47 Å². The monoisotopic (exact) mass is 514 g/mol. The highest BCUT2D eigenvalue weighted by molar-refractivity contribution is 5.97. The van der Waals surface area contributed by atoms with Gasteiger partial charge in [-0.3, -0.25) is 19.4 Å². The van der Waals surface area contributed by atoms with Crippen molar-refractivity contribution in [3.8, 4) is 0 Å². The molecule has 8 heteroatoms. The van der Waals surface area contributed by atoms with Crippen LogP contribution in [0.15, 0.2) is 18.2 Å². The van der Waals surface area contributed by atoms with Crippen molar-refractivity contribution in [3.63, 3.8) is 0 Å². The summed E-state index contributed by atoms with van der Waals surface area (Å²) in [5, 5.41) is 0. The Morgan fingerprint density at radius 2 is 1.65 bits per heavy atom. The van der Waals surface area contributed by atoms with Crippen LogP contribution in [0.1, 0.15) is 67.8 Å². The van der Waals surface area contributed by atoms with Gasteiger partial charge in [-0.25, -0.2) is 0 Å². The van der Waals surface area contributed by atoms with E-state index < -0.39 is 0 Å². The van der Waals surface area contributed by atoms with Crippen molar-refractivity contribution in [1.82, 2.24) is 14.7 Å². The maximum absolute atomic E-state index is 13.6. The van der Waals surface area contributed by atoms with Gasteiger partial charge in [0.25, 0.3) is 5.91 Å². The minimum absolute atomic E-state index is 0.0715. The minimum atomic E-state index is 0.0715. The average molecular weight is 515 g/mol. The van der Waals surface area contributed by atoms with Crippen LogP contribution in [-0.2, 0) is 20.8 Å². The van der Waals surface area contributed by atoms with Crippen LogP contribution in [0.2, 0.25) is 0 Å². The van der Waals surface area contributed by atoms with Crippen molar-refractivity contribution in [3.05, 3.63) is 29.3 Å². The zero-order chi connectivity index (χ0) is 26.0. The molecule has 0 bridgehead atoms. The van der Waals surface area contributed by atoms with Crippen LogP contribution in [0.5, 0.6) is 0 Å². The summed E-state index contributed by atoms with van der Waals surface area (Å²) in [6, 6.07) is 6.50. The van der Waals surface area contributed by atoms with Gasteiger partial charge in [-0.1, -0.05) is 19.3 Å². The van der Waals surface area contributed by atoms with Crippen molar-refractivity contribution in [1.29, 1.82) is 0 Å². The van der Waals surface area contributed by atoms with Gasteiger partial charge in [-0.05, 0) is 56.0 Å². The Bertz CT molecular complexity index is 881. The van der Waals surface area contributed by atoms with Crippen molar-refractivity contribution >= 4 is 17.5 Å². The van der Waals surface area contributed by atoms with Gasteiger partial charge in [0.15, 0.2) is 0 Å². The Hall–Kier alpha value is -2.00. The van der Waals surface area contributed by atoms with E-state index >= 15 is 0 Å². The highest BCUT2D eigenvalue weighted by atomic mass is 16.5. The molecule has 3 aliphatic heterocycles. The Morgan fingerprint density at radius 3 is 2.35 bits per heavy atom. The SMILES string of the molecule is COCCN1CCN(C(=O)c2ccc3c(c2)CN(C2CCOCC2)CCCCCCCN3C(C)=O)CC1. The fourth-order valence-corrected chi connectivity index (χ4v) is 5.91. The molecular formula is C29H46N4O4. The topological polar surface area (TPSA) is 65.6 Å². The number of rotatable bonds is 5. The molecule has 206 valence electrons. The highest BCUT2D eigenvalue weighted by Crippen LogP contribution is 2.29. The van der Waals surface area contributed by atoms with E-state index in [1.54, 1.807) is 14.0 Å². The van der Waals surface area contributed by atoms with Gasteiger partial charge in [-0.2, -0.15) is 0 Å². The molecule has 0 spiro atoms. The molecule has 0 atom stereocenters. The summed E-state index contributed by atoms with van der Waals surface area (Å²) in [5.41, 5.74) is 2.78. The van der Waals surface area contributed by atoms with Gasteiger partial charge in [0.05, 0.1) is 6.61 Å². The summed E-state index contributed by atoms with van der Waals surface area (Å²) in [5.74, 6) is 0.162. The Labute approximate surface area is 222 Å². The Kier molecular flexibility index (Phi) is 10.8. The quantitative estimate of drug-likeness (QED) is 0.600. The minimum Gasteiger partial charge on any atom is -0.383 e. The van der Waals surface area contributed by atoms with Crippen LogP contribution in [0.25, 0.3) is 0 Å². The number of hydrogen-bond acceptors (Lipinski definition) is 6. The molecule has 1 aromatic carbocycles. The second-order valence-corrected chi connectivity index (χ2v) is 10.7. The van der Waals surface area contributed by atoms with E-state index in [0.29, 0.717) is 6.04 Å². The van der Waals surface area contributed by atoms with E-state index in [1.807, 2.05) is 21.9 Å². The Balaban J connectivity index is 1.58. The summed E-state index contributed by atoms with van der Waals surface area (Å²) in [6.07, 6.45) is 7.86. The molecule has 37 heavy (non-hydrogen) atoms. The summed E-state index contributed by atoms with van der Waals surface area (Å²) in [7, 11) is 1.73. The summed E-state index contributed by atoms with van der Waals surface area (Å²) in [6.45, 7) is 10.6. The molecule has 4 rings (SSSR count). The number of anilines is 1. The lowest BCUT2D eigenvalue weighted by Crippen LogP contribution is -2.49. The number of piperazine rings is 1. The number of methoxy groups -OCH3 is 1. The number of amides is 2. The maximum Gasteiger partial charge on any atom is 0.253 e. The van der Waals surface area contributed by atoms with Gasteiger partial charge in [0.2, 0.25) is 5.91 Å². The number of nitrogens with zero attached hydrogens (tertiary/aromatic N) is 4. The second-order valence-electron chi connectivity index (χ2n) is 10.7. The number of benzene rings is 1.